The van der Waals surface area contributed by atoms with Gasteiger partial charge in [-0.15, -0.1) is 0 Å². The van der Waals surface area contributed by atoms with Crippen LogP contribution in [0.25, 0.3) is 11.3 Å². The van der Waals surface area contributed by atoms with Gasteiger partial charge in [0.2, 0.25) is 21.5 Å². The van der Waals surface area contributed by atoms with E-state index in [1.54, 1.807) is 0 Å². The zero-order chi connectivity index (χ0) is 16.7. The third-order valence-corrected chi connectivity index (χ3v) is 5.13. The fourth-order valence-electron chi connectivity index (χ4n) is 1.77. The molecule has 0 unspecified atom stereocenters. The topological polar surface area (TPSA) is 91.0 Å². The molecule has 0 aliphatic carbocycles. The smallest absolute Gasteiger partial charge is 0.256 e. The second-order valence-corrected chi connectivity index (χ2v) is 7.13. The van der Waals surface area contributed by atoms with Gasteiger partial charge in [-0.1, -0.05) is 11.6 Å². The molecule has 22 heavy (non-hydrogen) atoms. The summed E-state index contributed by atoms with van der Waals surface area (Å²) in [5.74, 6) is -3.12. The summed E-state index contributed by atoms with van der Waals surface area (Å²) < 4.78 is 43.0. The van der Waals surface area contributed by atoms with E-state index >= 15 is 0 Å². The minimum atomic E-state index is -3.70. The van der Waals surface area contributed by atoms with E-state index in [0.29, 0.717) is 4.31 Å². The first-order valence-corrected chi connectivity index (χ1v) is 8.14. The number of benzene rings is 1. The van der Waals surface area contributed by atoms with Gasteiger partial charge in [-0.3, -0.25) is 0 Å². The van der Waals surface area contributed by atoms with Crippen LogP contribution < -0.4 is 4.31 Å². The van der Waals surface area contributed by atoms with Gasteiger partial charge in [0.25, 0.3) is 5.88 Å². The number of anilines is 1. The Kier molecular flexibility index (Phi) is 4.25. The van der Waals surface area contributed by atoms with Crippen molar-refractivity contribution in [3.8, 4) is 22.8 Å². The Balaban J connectivity index is 2.57. The summed E-state index contributed by atoms with van der Waals surface area (Å²) in [5, 5.41) is 19.6. The maximum atomic E-state index is 13.5. The highest BCUT2D eigenvalue weighted by Crippen LogP contribution is 2.47. The van der Waals surface area contributed by atoms with Crippen LogP contribution in [0.15, 0.2) is 22.6 Å². The Morgan fingerprint density at radius 3 is 2.50 bits per heavy atom. The monoisotopic (exact) mass is 349 g/mol. The number of nitrogens with zero attached hydrogens (tertiary/aromatic N) is 1. The highest BCUT2D eigenvalue weighted by atomic mass is 35.5. The maximum Gasteiger partial charge on any atom is 0.256 e. The fourth-order valence-corrected chi connectivity index (χ4v) is 2.65. The maximum absolute atomic E-state index is 13.5. The summed E-state index contributed by atoms with van der Waals surface area (Å²) in [6, 6.07) is 3.61. The molecule has 0 spiro atoms. The van der Waals surface area contributed by atoms with Gasteiger partial charge in [0, 0.05) is 12.6 Å². The molecular formula is C13H13ClFNO5S. The van der Waals surface area contributed by atoms with Gasteiger partial charge in [-0.25, -0.2) is 17.1 Å². The van der Waals surface area contributed by atoms with Gasteiger partial charge in [0.05, 0.1) is 10.8 Å². The number of sulfonamides is 1. The van der Waals surface area contributed by atoms with E-state index in [0.717, 1.165) is 6.07 Å². The Labute approximate surface area is 131 Å². The van der Waals surface area contributed by atoms with Crippen molar-refractivity contribution in [3.63, 3.8) is 0 Å². The summed E-state index contributed by atoms with van der Waals surface area (Å²) >= 11 is 5.57. The number of hydrogen-bond acceptors (Lipinski definition) is 5. The second kappa shape index (κ2) is 5.69. The third-order valence-electron chi connectivity index (χ3n) is 3.09. The van der Waals surface area contributed by atoms with E-state index < -0.39 is 33.2 Å². The van der Waals surface area contributed by atoms with Gasteiger partial charge >= 0.3 is 0 Å². The molecule has 9 heteroatoms. The van der Waals surface area contributed by atoms with Crippen LogP contribution in [-0.4, -0.2) is 31.4 Å². The first kappa shape index (κ1) is 16.4. The number of hydrogen-bond donors (Lipinski definition) is 2. The molecule has 0 bridgehead atoms. The molecule has 0 aliphatic heterocycles. The molecule has 0 fully saturated rings. The van der Waals surface area contributed by atoms with Crippen molar-refractivity contribution in [2.45, 2.75) is 6.92 Å². The molecule has 2 rings (SSSR count). The molecule has 0 amide bonds. The van der Waals surface area contributed by atoms with Crippen molar-refractivity contribution in [3.05, 3.63) is 29.0 Å². The van der Waals surface area contributed by atoms with Crippen molar-refractivity contribution >= 4 is 27.5 Å². The standard InChI is InChI=1S/C13H13ClFNO5S/c1-3-22(19,20)16(2)13-11(18)10(17)12(21-13)7-4-5-8(14)9(15)6-7/h4-6,17-18H,3H2,1-2H3. The van der Waals surface area contributed by atoms with E-state index in [2.05, 4.69) is 0 Å². The highest BCUT2D eigenvalue weighted by Gasteiger charge is 2.28. The van der Waals surface area contributed by atoms with Gasteiger partial charge < -0.3 is 14.6 Å². The van der Waals surface area contributed by atoms with Gasteiger partial charge in [0.1, 0.15) is 5.82 Å². The van der Waals surface area contributed by atoms with Crippen LogP contribution in [0, 0.1) is 5.82 Å². The van der Waals surface area contributed by atoms with Crippen LogP contribution in [0.5, 0.6) is 11.5 Å². The van der Waals surface area contributed by atoms with E-state index in [1.165, 1.54) is 26.1 Å². The average Bonchev–Trinajstić information content (AvgIpc) is 2.77. The SMILES string of the molecule is CCS(=O)(=O)N(C)c1oc(-c2ccc(Cl)c(F)c2)c(O)c1O. The Bertz CT molecular complexity index is 818. The predicted molar refractivity (Wildman–Crippen MR) is 80.3 cm³/mol. The molecule has 0 atom stereocenters. The van der Waals surface area contributed by atoms with Crippen LogP contribution in [-0.2, 0) is 10.0 Å². The Hall–Kier alpha value is -1.93. The Morgan fingerprint density at radius 2 is 1.95 bits per heavy atom. The van der Waals surface area contributed by atoms with Crippen LogP contribution in [0.4, 0.5) is 10.3 Å². The third kappa shape index (κ3) is 2.71. The van der Waals surface area contributed by atoms with Crippen LogP contribution in [0.1, 0.15) is 6.92 Å². The number of rotatable bonds is 4. The van der Waals surface area contributed by atoms with Crippen molar-refractivity contribution in [1.29, 1.82) is 0 Å². The zero-order valence-corrected chi connectivity index (χ0v) is 13.2. The summed E-state index contributed by atoms with van der Waals surface area (Å²) in [7, 11) is -2.53. The molecule has 0 aliphatic rings. The minimum absolute atomic E-state index is 0.100. The van der Waals surface area contributed by atoms with Gasteiger partial charge in [-0.05, 0) is 25.1 Å². The minimum Gasteiger partial charge on any atom is -0.502 e. The largest absolute Gasteiger partial charge is 0.502 e. The first-order chi connectivity index (χ1) is 10.2. The quantitative estimate of drug-likeness (QED) is 0.885. The number of halogens is 2. The van der Waals surface area contributed by atoms with Crippen molar-refractivity contribution < 1.29 is 27.4 Å². The van der Waals surface area contributed by atoms with E-state index in [4.69, 9.17) is 16.0 Å². The molecule has 2 aromatic rings. The molecule has 1 heterocycles. The predicted octanol–water partition coefficient (Wildman–Crippen LogP) is 2.94. The van der Waals surface area contributed by atoms with Crippen molar-refractivity contribution in [2.75, 3.05) is 17.1 Å². The second-order valence-electron chi connectivity index (χ2n) is 4.43. The van der Waals surface area contributed by atoms with Crippen molar-refractivity contribution in [2.24, 2.45) is 0 Å². The lowest BCUT2D eigenvalue weighted by Crippen LogP contribution is -2.27. The average molecular weight is 350 g/mol. The molecule has 6 nitrogen and oxygen atoms in total. The van der Waals surface area contributed by atoms with Crippen LogP contribution in [0.3, 0.4) is 0 Å². The van der Waals surface area contributed by atoms with E-state index in [9.17, 15) is 23.0 Å². The molecule has 0 saturated heterocycles. The first-order valence-electron chi connectivity index (χ1n) is 6.15. The molecule has 1 aromatic heterocycles. The number of aromatic hydroxyl groups is 2. The lowest BCUT2D eigenvalue weighted by molar-refractivity contribution is 0.409. The summed E-state index contributed by atoms with van der Waals surface area (Å²) in [5.41, 5.74) is 0.100. The zero-order valence-electron chi connectivity index (χ0n) is 11.7. The molecule has 120 valence electrons. The van der Waals surface area contributed by atoms with Crippen molar-refractivity contribution in [1.82, 2.24) is 0 Å². The lowest BCUT2D eigenvalue weighted by Gasteiger charge is -2.14. The van der Waals surface area contributed by atoms with E-state index in [-0.39, 0.29) is 22.1 Å². The summed E-state index contributed by atoms with van der Waals surface area (Å²) in [6.45, 7) is 1.42. The summed E-state index contributed by atoms with van der Waals surface area (Å²) in [4.78, 5) is 0. The van der Waals surface area contributed by atoms with Crippen LogP contribution in [0.2, 0.25) is 5.02 Å². The molecule has 1 aromatic carbocycles. The molecule has 0 radical (unpaired) electrons. The van der Waals surface area contributed by atoms with Gasteiger partial charge in [0.15, 0.2) is 5.76 Å². The molecule has 2 N–H and O–H groups in total. The number of furan rings is 1. The van der Waals surface area contributed by atoms with E-state index in [1.807, 2.05) is 0 Å². The highest BCUT2D eigenvalue weighted by molar-refractivity contribution is 7.92. The fraction of sp³-hybridized carbons (Fsp3) is 0.231. The van der Waals surface area contributed by atoms with Gasteiger partial charge in [-0.2, -0.15) is 0 Å². The Morgan fingerprint density at radius 1 is 1.32 bits per heavy atom. The summed E-state index contributed by atoms with van der Waals surface area (Å²) in [6.07, 6.45) is 0. The lowest BCUT2D eigenvalue weighted by atomic mass is 10.1. The van der Waals surface area contributed by atoms with Crippen LogP contribution >= 0.6 is 11.6 Å². The molecule has 0 saturated carbocycles. The normalized spacial score (nSPS) is 11.6. The molecular weight excluding hydrogens is 337 g/mol.